The second-order valence-corrected chi connectivity index (χ2v) is 6.50. The first-order chi connectivity index (χ1) is 10.2. The van der Waals surface area contributed by atoms with Gasteiger partial charge in [0.15, 0.2) is 0 Å². The highest BCUT2D eigenvalue weighted by atomic mass is 79.9. The zero-order valence-corrected chi connectivity index (χ0v) is 14.2. The lowest BCUT2D eigenvalue weighted by molar-refractivity contribution is 0.134. The molecule has 1 aliphatic heterocycles. The van der Waals surface area contributed by atoms with Gasteiger partial charge in [0.2, 0.25) is 0 Å². The smallest absolute Gasteiger partial charge is 0.0725 e. The van der Waals surface area contributed by atoms with Crippen LogP contribution in [-0.2, 0) is 18.0 Å². The third-order valence-corrected chi connectivity index (χ3v) is 4.59. The van der Waals surface area contributed by atoms with Gasteiger partial charge in [-0.05, 0) is 47.0 Å². The van der Waals surface area contributed by atoms with Crippen LogP contribution in [0.2, 0.25) is 5.02 Å². The largest absolute Gasteiger partial charge is 0.372 e. The van der Waals surface area contributed by atoms with Crippen molar-refractivity contribution in [3.8, 4) is 0 Å². The van der Waals surface area contributed by atoms with Crippen LogP contribution < -0.4 is 5.32 Å². The highest BCUT2D eigenvalue weighted by Crippen LogP contribution is 2.32. The van der Waals surface area contributed by atoms with Crippen molar-refractivity contribution in [2.45, 2.75) is 26.2 Å². The summed E-state index contributed by atoms with van der Waals surface area (Å²) in [4.78, 5) is 0. The molecule has 0 saturated heterocycles. The van der Waals surface area contributed by atoms with Crippen LogP contribution in [0.15, 0.2) is 40.9 Å². The Morgan fingerprint density at radius 2 is 2.00 bits per heavy atom. The van der Waals surface area contributed by atoms with Crippen LogP contribution in [0.4, 0.5) is 0 Å². The molecule has 0 bridgehead atoms. The molecule has 0 radical (unpaired) electrons. The molecule has 1 atom stereocenters. The summed E-state index contributed by atoms with van der Waals surface area (Å²) in [5, 5.41) is 4.31. The van der Waals surface area contributed by atoms with Gasteiger partial charge in [0.25, 0.3) is 0 Å². The summed E-state index contributed by atoms with van der Waals surface area (Å²) >= 11 is 9.94. The lowest BCUT2D eigenvalue weighted by atomic mass is 9.95. The first-order valence-electron chi connectivity index (χ1n) is 7.07. The molecular weight excluding hydrogens is 350 g/mol. The number of fused-ring (bicyclic) bond motifs is 1. The number of ether oxygens (including phenoxy) is 1. The average Bonchev–Trinajstić information content (AvgIpc) is 2.95. The van der Waals surface area contributed by atoms with Crippen LogP contribution in [0.3, 0.4) is 0 Å². The monoisotopic (exact) mass is 365 g/mol. The summed E-state index contributed by atoms with van der Waals surface area (Å²) in [7, 11) is 0. The van der Waals surface area contributed by atoms with E-state index in [1.165, 1.54) is 16.7 Å². The molecule has 0 amide bonds. The summed E-state index contributed by atoms with van der Waals surface area (Å²) in [5.41, 5.74) is 4.88. The van der Waals surface area contributed by atoms with Crippen LogP contribution in [0.25, 0.3) is 0 Å². The molecule has 110 valence electrons. The summed E-state index contributed by atoms with van der Waals surface area (Å²) in [6.45, 7) is 4.41. The minimum Gasteiger partial charge on any atom is -0.372 e. The van der Waals surface area contributed by atoms with E-state index in [1.54, 1.807) is 0 Å². The maximum atomic E-state index is 6.41. The van der Waals surface area contributed by atoms with Crippen molar-refractivity contribution in [2.24, 2.45) is 0 Å². The summed E-state index contributed by atoms with van der Waals surface area (Å²) in [6.07, 6.45) is 0. The first kappa shape index (κ1) is 15.0. The van der Waals surface area contributed by atoms with Crippen molar-refractivity contribution in [3.05, 3.63) is 68.1 Å². The van der Waals surface area contributed by atoms with Gasteiger partial charge in [-0.15, -0.1) is 0 Å². The molecule has 2 aromatic rings. The molecule has 1 heterocycles. The van der Waals surface area contributed by atoms with Crippen LogP contribution in [0, 0.1) is 0 Å². The molecule has 4 heteroatoms. The zero-order chi connectivity index (χ0) is 14.8. The van der Waals surface area contributed by atoms with Crippen LogP contribution in [0.1, 0.15) is 35.2 Å². The van der Waals surface area contributed by atoms with Gasteiger partial charge in [-0.2, -0.15) is 0 Å². The van der Waals surface area contributed by atoms with E-state index in [0.29, 0.717) is 6.61 Å². The normalized spacial score (nSPS) is 15.0. The fourth-order valence-corrected chi connectivity index (χ4v) is 3.32. The molecule has 0 aliphatic carbocycles. The lowest BCUT2D eigenvalue weighted by Crippen LogP contribution is -2.22. The minimum absolute atomic E-state index is 0.0888. The number of halogens is 2. The lowest BCUT2D eigenvalue weighted by Gasteiger charge is -2.21. The van der Waals surface area contributed by atoms with E-state index in [0.717, 1.165) is 28.2 Å². The predicted molar refractivity (Wildman–Crippen MR) is 89.6 cm³/mol. The van der Waals surface area contributed by atoms with Crippen LogP contribution in [-0.4, -0.2) is 6.54 Å². The van der Waals surface area contributed by atoms with Crippen molar-refractivity contribution in [1.29, 1.82) is 0 Å². The van der Waals surface area contributed by atoms with Gasteiger partial charge in [-0.3, -0.25) is 0 Å². The Labute approximate surface area is 138 Å². The maximum Gasteiger partial charge on any atom is 0.0725 e. The number of rotatable bonds is 4. The Balaban J connectivity index is 2.03. The second-order valence-electron chi connectivity index (χ2n) is 5.18. The molecule has 0 aromatic heterocycles. The third kappa shape index (κ3) is 3.16. The number of hydrogen-bond donors (Lipinski definition) is 1. The highest BCUT2D eigenvalue weighted by molar-refractivity contribution is 9.10. The van der Waals surface area contributed by atoms with E-state index < -0.39 is 0 Å². The summed E-state index contributed by atoms with van der Waals surface area (Å²) in [5.74, 6) is 0. The molecule has 21 heavy (non-hydrogen) atoms. The predicted octanol–water partition coefficient (Wildman–Crippen LogP) is 4.83. The molecule has 3 rings (SSSR count). The standard InChI is InChI=1S/C17H17BrClNO/c1-2-20-17(15-8-14(18)5-6-16(15)19)11-3-4-12-9-21-10-13(12)7-11/h3-8,17,20H,2,9-10H2,1H3. The van der Waals surface area contributed by atoms with E-state index in [2.05, 4.69) is 52.4 Å². The Morgan fingerprint density at radius 3 is 2.81 bits per heavy atom. The van der Waals surface area contributed by atoms with Crippen LogP contribution in [0.5, 0.6) is 0 Å². The molecule has 2 aromatic carbocycles. The quantitative estimate of drug-likeness (QED) is 0.836. The Morgan fingerprint density at radius 1 is 1.19 bits per heavy atom. The van der Waals surface area contributed by atoms with E-state index >= 15 is 0 Å². The maximum absolute atomic E-state index is 6.41. The highest BCUT2D eigenvalue weighted by Gasteiger charge is 2.19. The van der Waals surface area contributed by atoms with Gasteiger partial charge in [0, 0.05) is 9.50 Å². The molecule has 1 N–H and O–H groups in total. The fraction of sp³-hybridized carbons (Fsp3) is 0.294. The summed E-state index contributed by atoms with van der Waals surface area (Å²) in [6, 6.07) is 12.6. The minimum atomic E-state index is 0.0888. The number of hydrogen-bond acceptors (Lipinski definition) is 2. The van der Waals surface area contributed by atoms with Gasteiger partial charge in [-0.25, -0.2) is 0 Å². The Bertz CT molecular complexity index is 659. The van der Waals surface area contributed by atoms with Crippen LogP contribution >= 0.6 is 27.5 Å². The Hall–Kier alpha value is -0.870. The molecule has 1 unspecified atom stereocenters. The molecule has 1 aliphatic rings. The first-order valence-corrected chi connectivity index (χ1v) is 8.24. The van der Waals surface area contributed by atoms with Crippen molar-refractivity contribution in [3.63, 3.8) is 0 Å². The van der Waals surface area contributed by atoms with Crippen molar-refractivity contribution in [2.75, 3.05) is 6.54 Å². The number of nitrogens with one attached hydrogen (secondary N) is 1. The van der Waals surface area contributed by atoms with Gasteiger partial charge in [0.05, 0.1) is 19.3 Å². The van der Waals surface area contributed by atoms with E-state index in [1.807, 2.05) is 12.1 Å². The van der Waals surface area contributed by atoms with Crippen molar-refractivity contribution < 1.29 is 4.74 Å². The molecule has 0 spiro atoms. The van der Waals surface area contributed by atoms with Gasteiger partial charge < -0.3 is 10.1 Å². The van der Waals surface area contributed by atoms with Gasteiger partial charge in [-0.1, -0.05) is 52.7 Å². The average molecular weight is 367 g/mol. The van der Waals surface area contributed by atoms with Gasteiger partial charge >= 0.3 is 0 Å². The fourth-order valence-electron chi connectivity index (χ4n) is 2.72. The van der Waals surface area contributed by atoms with Crippen molar-refractivity contribution >= 4 is 27.5 Å². The molecule has 0 fully saturated rings. The van der Waals surface area contributed by atoms with E-state index in [4.69, 9.17) is 16.3 Å². The Kier molecular flexibility index (Phi) is 4.65. The molecule has 0 saturated carbocycles. The second kappa shape index (κ2) is 6.49. The summed E-state index contributed by atoms with van der Waals surface area (Å²) < 4.78 is 6.54. The molecule has 2 nitrogen and oxygen atoms in total. The molecular formula is C17H17BrClNO. The van der Waals surface area contributed by atoms with Crippen molar-refractivity contribution in [1.82, 2.24) is 5.32 Å². The topological polar surface area (TPSA) is 21.3 Å². The third-order valence-electron chi connectivity index (χ3n) is 3.76. The van der Waals surface area contributed by atoms with E-state index in [-0.39, 0.29) is 6.04 Å². The zero-order valence-electron chi connectivity index (χ0n) is 11.8. The SMILES string of the molecule is CCNC(c1ccc2c(c1)COC2)c1cc(Br)ccc1Cl. The van der Waals surface area contributed by atoms with Gasteiger partial charge in [0.1, 0.15) is 0 Å². The number of benzene rings is 2. The van der Waals surface area contributed by atoms with E-state index in [9.17, 15) is 0 Å².